The van der Waals surface area contributed by atoms with E-state index < -0.39 is 23.8 Å². The van der Waals surface area contributed by atoms with Gasteiger partial charge in [0.2, 0.25) is 29.5 Å². The van der Waals surface area contributed by atoms with Crippen molar-refractivity contribution in [3.05, 3.63) is 97.2 Å². The molecule has 0 aromatic carbocycles. The molecular weight excluding hydrogens is 1520 g/mol. The van der Waals surface area contributed by atoms with Gasteiger partial charge in [-0.2, -0.15) is 0 Å². The number of nitrogens with one attached hydrogen (secondary N) is 3. The number of amides is 5. The molecule has 0 aliphatic rings. The second-order valence-corrected chi connectivity index (χ2v) is 32.0. The zero-order chi connectivity index (χ0) is 88.1. The predicted molar refractivity (Wildman–Crippen MR) is 497 cm³/mol. The average molecular weight is 1700 g/mol. The SMILES string of the molecule is CCCCC/C=C\C/C=C\CCCCCCCC(=O)OCCN(CCOC(=O)CCCCCCC/C=C\C/C=C\CCCCC)C(=O)CCC(=O)NCCCCC(NC(=O)CCC(=O)N(CCOC(=O)CCCCCCC/C=C\C/C=C\CCCCC)CCOC(=O)CCCCCCC/C=C\C/C=C\CCCCC)C(=O)NCCCOCCOCC. The first kappa shape index (κ1) is 114. The summed E-state index contributed by atoms with van der Waals surface area (Å²) in [4.78, 5) is 123. The average Bonchev–Trinajstić information content (AvgIpc) is 0.907. The lowest BCUT2D eigenvalue weighted by Gasteiger charge is -2.23. The lowest BCUT2D eigenvalue weighted by atomic mass is 10.1. The van der Waals surface area contributed by atoms with Crippen molar-refractivity contribution in [3.8, 4) is 0 Å². The summed E-state index contributed by atoms with van der Waals surface area (Å²) in [5, 5.41) is 8.63. The van der Waals surface area contributed by atoms with Gasteiger partial charge in [-0.15, -0.1) is 0 Å². The Hall–Kier alpha value is -6.93. The fourth-order valence-corrected chi connectivity index (χ4v) is 13.4. The van der Waals surface area contributed by atoms with Crippen LogP contribution in [-0.2, 0) is 71.6 Å². The van der Waals surface area contributed by atoms with Gasteiger partial charge in [-0.3, -0.25) is 43.2 Å². The Morgan fingerprint density at radius 1 is 0.264 bits per heavy atom. The van der Waals surface area contributed by atoms with Crippen LogP contribution in [0.2, 0.25) is 0 Å². The van der Waals surface area contributed by atoms with E-state index in [-0.39, 0.29) is 159 Å². The Balaban J connectivity index is 5.78. The van der Waals surface area contributed by atoms with Gasteiger partial charge in [0, 0.05) is 77.7 Å². The molecule has 0 saturated carbocycles. The second-order valence-electron chi connectivity index (χ2n) is 32.0. The van der Waals surface area contributed by atoms with Crippen molar-refractivity contribution >= 4 is 53.4 Å². The molecule has 20 heteroatoms. The molecule has 5 amide bonds. The highest BCUT2D eigenvalue weighted by Gasteiger charge is 2.24. The molecule has 0 spiro atoms. The first-order valence-corrected chi connectivity index (χ1v) is 48.7. The first-order chi connectivity index (χ1) is 59.3. The fraction of sp³-hybridized carbons (Fsp3) is 0.752. The third kappa shape index (κ3) is 83.7. The van der Waals surface area contributed by atoms with Gasteiger partial charge in [0.1, 0.15) is 32.5 Å². The Morgan fingerprint density at radius 3 is 0.876 bits per heavy atom. The maximum atomic E-state index is 14.0. The molecule has 1 atom stereocenters. The molecule has 0 aromatic rings. The summed E-state index contributed by atoms with van der Waals surface area (Å²) in [6, 6.07) is -0.968. The van der Waals surface area contributed by atoms with Crippen molar-refractivity contribution in [2.45, 2.75) is 400 Å². The van der Waals surface area contributed by atoms with Crippen LogP contribution in [0.4, 0.5) is 0 Å². The normalized spacial score (nSPS) is 12.1. The lowest BCUT2D eigenvalue weighted by Crippen LogP contribution is -2.47. The minimum Gasteiger partial charge on any atom is -0.464 e. The number of hydrogen-bond acceptors (Lipinski definition) is 15. The Morgan fingerprint density at radius 2 is 0.554 bits per heavy atom. The number of nitrogens with zero attached hydrogens (tertiary/aromatic N) is 2. The molecule has 0 aromatic heterocycles. The van der Waals surface area contributed by atoms with Crippen molar-refractivity contribution in [1.82, 2.24) is 25.8 Å². The summed E-state index contributed by atoms with van der Waals surface area (Å²) < 4.78 is 33.4. The van der Waals surface area contributed by atoms with Crippen molar-refractivity contribution in [2.75, 3.05) is 92.1 Å². The third-order valence-corrected chi connectivity index (χ3v) is 20.9. The fourth-order valence-electron chi connectivity index (χ4n) is 13.4. The van der Waals surface area contributed by atoms with E-state index in [0.717, 1.165) is 180 Å². The topological polar surface area (TPSA) is 252 Å². The summed E-state index contributed by atoms with van der Waals surface area (Å²) in [6.45, 7) is 13.2. The summed E-state index contributed by atoms with van der Waals surface area (Å²) in [5.74, 6) is -3.43. The molecule has 694 valence electrons. The standard InChI is InChI=1S/C101H175N5O15/c1-6-11-15-19-23-27-31-35-39-43-47-51-55-59-63-71-97(111)118-86-81-105(82-87-119-98(112)72-64-60-56-52-48-44-40-36-32-28-24-20-16-12-7-2)95(109)77-75-93(107)102-79-68-67-70-92(101(115)103-80-69-85-117-91-90-116-10-5)104-94(108)76-78-96(110)106(83-88-120-99(113)73-65-61-57-53-49-45-41-37-33-29-25-21-17-13-8-3)84-89-121-100(114)74-66-62-58-54-50-46-42-38-34-30-26-22-18-14-9-4/h23-30,35-42,92H,6-22,31-34,43-91H2,1-5H3,(H,102,107)(H,103,115)(H,104,108)/b27-23-,28-24-,29-25-,30-26-,39-35-,40-36-,41-37-,42-38-. The number of esters is 4. The van der Waals surface area contributed by atoms with Gasteiger partial charge >= 0.3 is 23.9 Å². The van der Waals surface area contributed by atoms with Crippen molar-refractivity contribution in [2.24, 2.45) is 0 Å². The number of ether oxygens (including phenoxy) is 6. The zero-order valence-corrected chi connectivity index (χ0v) is 77.3. The van der Waals surface area contributed by atoms with Crippen molar-refractivity contribution in [1.29, 1.82) is 0 Å². The van der Waals surface area contributed by atoms with Crippen LogP contribution in [0.5, 0.6) is 0 Å². The van der Waals surface area contributed by atoms with E-state index in [1.165, 1.54) is 86.8 Å². The predicted octanol–water partition coefficient (Wildman–Crippen LogP) is 23.0. The highest BCUT2D eigenvalue weighted by Crippen LogP contribution is 2.16. The monoisotopic (exact) mass is 1700 g/mol. The largest absolute Gasteiger partial charge is 0.464 e. The minimum absolute atomic E-state index is 0.0358. The molecule has 0 fully saturated rings. The van der Waals surface area contributed by atoms with E-state index >= 15 is 0 Å². The van der Waals surface area contributed by atoms with E-state index in [1.54, 1.807) is 0 Å². The molecule has 3 N–H and O–H groups in total. The third-order valence-electron chi connectivity index (χ3n) is 20.9. The molecule has 121 heavy (non-hydrogen) atoms. The lowest BCUT2D eigenvalue weighted by molar-refractivity contribution is -0.148. The van der Waals surface area contributed by atoms with Crippen LogP contribution >= 0.6 is 0 Å². The quantitative estimate of drug-likeness (QED) is 0.0222. The number of unbranched alkanes of at least 4 members (excludes halogenated alkanes) is 33. The van der Waals surface area contributed by atoms with Crippen LogP contribution in [-0.4, -0.2) is 161 Å². The number of carbonyl (C=O) groups excluding carboxylic acids is 9. The van der Waals surface area contributed by atoms with Crippen LogP contribution in [0.25, 0.3) is 0 Å². The number of allylic oxidation sites excluding steroid dienone is 16. The number of rotatable bonds is 89. The van der Waals surface area contributed by atoms with E-state index in [9.17, 15) is 43.2 Å². The van der Waals surface area contributed by atoms with E-state index in [2.05, 4.69) is 141 Å². The zero-order valence-electron chi connectivity index (χ0n) is 77.3. The van der Waals surface area contributed by atoms with Gasteiger partial charge in [0.25, 0.3) is 0 Å². The molecule has 0 bridgehead atoms. The molecule has 0 heterocycles. The van der Waals surface area contributed by atoms with Gasteiger partial charge in [0.15, 0.2) is 0 Å². The van der Waals surface area contributed by atoms with Gasteiger partial charge in [-0.05, 0) is 187 Å². The number of carbonyl (C=O) groups is 9. The van der Waals surface area contributed by atoms with Gasteiger partial charge in [0.05, 0.1) is 39.4 Å². The highest BCUT2D eigenvalue weighted by atomic mass is 16.5. The first-order valence-electron chi connectivity index (χ1n) is 48.7. The summed E-state index contributed by atoms with van der Waals surface area (Å²) >= 11 is 0. The van der Waals surface area contributed by atoms with Crippen LogP contribution in [0.3, 0.4) is 0 Å². The second kappa shape index (κ2) is 92.3. The maximum absolute atomic E-state index is 14.0. The van der Waals surface area contributed by atoms with Crippen LogP contribution < -0.4 is 16.0 Å². The molecule has 0 radical (unpaired) electrons. The number of hydrogen-bond donors (Lipinski definition) is 3. The molecule has 0 aliphatic heterocycles. The van der Waals surface area contributed by atoms with E-state index in [0.29, 0.717) is 71.4 Å². The van der Waals surface area contributed by atoms with Gasteiger partial charge in [-0.1, -0.05) is 253 Å². The van der Waals surface area contributed by atoms with Crippen LogP contribution in [0, 0.1) is 0 Å². The smallest absolute Gasteiger partial charge is 0.305 e. The molecule has 1 unspecified atom stereocenters. The van der Waals surface area contributed by atoms with Crippen molar-refractivity contribution in [3.63, 3.8) is 0 Å². The van der Waals surface area contributed by atoms with Crippen LogP contribution in [0.15, 0.2) is 97.2 Å². The molecule has 20 nitrogen and oxygen atoms in total. The molecule has 0 aliphatic carbocycles. The summed E-state index contributed by atoms with van der Waals surface area (Å²) in [7, 11) is 0. The van der Waals surface area contributed by atoms with Crippen LogP contribution in [0.1, 0.15) is 394 Å². The van der Waals surface area contributed by atoms with Crippen molar-refractivity contribution < 1.29 is 71.6 Å². The van der Waals surface area contributed by atoms with Gasteiger partial charge < -0.3 is 54.2 Å². The minimum atomic E-state index is -0.968. The molecular formula is C101H175N5O15. The highest BCUT2D eigenvalue weighted by molar-refractivity contribution is 5.89. The summed E-state index contributed by atoms with van der Waals surface area (Å²) in [5.41, 5.74) is 0. The molecule has 0 rings (SSSR count). The Labute approximate surface area is 736 Å². The summed E-state index contributed by atoms with van der Waals surface area (Å²) in [6.07, 6.45) is 85.0. The van der Waals surface area contributed by atoms with E-state index in [1.807, 2.05) is 6.92 Å². The van der Waals surface area contributed by atoms with Gasteiger partial charge in [-0.25, -0.2) is 0 Å². The Kier molecular flexibility index (Phi) is 87.0. The maximum Gasteiger partial charge on any atom is 0.305 e. The molecule has 0 saturated heterocycles. The Bertz CT molecular complexity index is 2630. The van der Waals surface area contributed by atoms with E-state index in [4.69, 9.17) is 28.4 Å².